The van der Waals surface area contributed by atoms with E-state index in [1.54, 1.807) is 0 Å². The third-order valence-corrected chi connectivity index (χ3v) is 5.93. The molecule has 0 spiro atoms. The summed E-state index contributed by atoms with van der Waals surface area (Å²) in [5, 5.41) is 32.2. The fourth-order valence-electron chi connectivity index (χ4n) is 4.32. The van der Waals surface area contributed by atoms with Crippen molar-refractivity contribution in [2.45, 2.75) is 24.5 Å². The first-order valence-corrected chi connectivity index (χ1v) is 10.8. The molecule has 0 heterocycles. The molecule has 0 fully saturated rings. The minimum absolute atomic E-state index is 0.0516. The monoisotopic (exact) mass is 465 g/mol. The van der Waals surface area contributed by atoms with E-state index in [0.29, 0.717) is 0 Å². The Bertz CT molecular complexity index is 1170. The number of ether oxygens (including phenoxy) is 1. The second kappa shape index (κ2) is 10.0. The highest BCUT2D eigenvalue weighted by molar-refractivity contribution is 5.79. The highest BCUT2D eigenvalue weighted by atomic mass is 19.1. The van der Waals surface area contributed by atoms with Crippen molar-refractivity contribution in [3.63, 3.8) is 0 Å². The number of amides is 1. The van der Waals surface area contributed by atoms with E-state index in [1.165, 1.54) is 6.07 Å². The van der Waals surface area contributed by atoms with Crippen LogP contribution in [0.25, 0.3) is 11.1 Å². The molecule has 0 bridgehead atoms. The van der Waals surface area contributed by atoms with E-state index in [9.17, 15) is 24.2 Å². The first kappa shape index (κ1) is 23.4. The number of aliphatic hydroxyl groups is 2. The van der Waals surface area contributed by atoms with Gasteiger partial charge in [0.2, 0.25) is 0 Å². The van der Waals surface area contributed by atoms with Crippen LogP contribution in [0.15, 0.2) is 66.7 Å². The number of halogens is 1. The molecule has 1 aliphatic rings. The van der Waals surface area contributed by atoms with E-state index in [0.717, 1.165) is 34.4 Å². The molecule has 1 aliphatic carbocycles. The van der Waals surface area contributed by atoms with Gasteiger partial charge in [0.25, 0.3) is 0 Å². The number of alkyl carbamates (subject to hydrolysis) is 1. The molecule has 4 rings (SSSR count). The molecule has 8 heteroatoms. The van der Waals surface area contributed by atoms with Crippen molar-refractivity contribution in [1.82, 2.24) is 5.32 Å². The van der Waals surface area contributed by atoms with Crippen molar-refractivity contribution in [3.05, 3.63) is 94.8 Å². The van der Waals surface area contributed by atoms with Gasteiger partial charge < -0.3 is 25.4 Å². The van der Waals surface area contributed by atoms with Crippen molar-refractivity contribution >= 4 is 12.1 Å². The Morgan fingerprint density at radius 2 is 1.59 bits per heavy atom. The first-order valence-electron chi connectivity index (χ1n) is 10.8. The van der Waals surface area contributed by atoms with Gasteiger partial charge in [0.05, 0.1) is 6.42 Å². The van der Waals surface area contributed by atoms with Crippen LogP contribution in [0.2, 0.25) is 0 Å². The van der Waals surface area contributed by atoms with Crippen LogP contribution >= 0.6 is 0 Å². The molecule has 3 aromatic rings. The SMILES string of the molecule is O=C(O)Cc1ccc(F)cc1C(O)C(O)CNC(=O)OCC1c2ccccc2-c2ccccc21. The lowest BCUT2D eigenvalue weighted by Crippen LogP contribution is -2.36. The Labute approximate surface area is 195 Å². The topological polar surface area (TPSA) is 116 Å². The van der Waals surface area contributed by atoms with Gasteiger partial charge in [-0.15, -0.1) is 0 Å². The second-order valence-corrected chi connectivity index (χ2v) is 8.13. The number of carboxylic acid groups (broad SMARTS) is 1. The van der Waals surface area contributed by atoms with E-state index in [-0.39, 0.29) is 30.2 Å². The van der Waals surface area contributed by atoms with Gasteiger partial charge in [0.15, 0.2) is 0 Å². The summed E-state index contributed by atoms with van der Waals surface area (Å²) in [6.07, 6.45) is -4.33. The van der Waals surface area contributed by atoms with Crippen molar-refractivity contribution in [2.24, 2.45) is 0 Å². The standard InChI is InChI=1S/C26H24FNO6/c27-16-10-9-15(11-24(30)31)21(12-16)25(32)23(29)13-28-26(33)34-14-22-19-7-3-1-5-17(19)18-6-2-4-8-20(18)22/h1-10,12,22-23,25,29,32H,11,13-14H2,(H,28,33)(H,30,31). The Kier molecular flexibility index (Phi) is 6.90. The summed E-state index contributed by atoms with van der Waals surface area (Å²) >= 11 is 0. The predicted molar refractivity (Wildman–Crippen MR) is 122 cm³/mol. The first-order chi connectivity index (χ1) is 16.3. The third-order valence-electron chi connectivity index (χ3n) is 5.93. The average molecular weight is 465 g/mol. The summed E-state index contributed by atoms with van der Waals surface area (Å²) in [4.78, 5) is 23.3. The summed E-state index contributed by atoms with van der Waals surface area (Å²) in [6.45, 7) is -0.286. The lowest BCUT2D eigenvalue weighted by Gasteiger charge is -2.21. The number of aliphatic hydroxyl groups excluding tert-OH is 2. The Hall–Kier alpha value is -3.75. The molecule has 1 amide bonds. The van der Waals surface area contributed by atoms with Gasteiger partial charge in [0, 0.05) is 12.5 Å². The average Bonchev–Trinajstić information content (AvgIpc) is 3.15. The van der Waals surface area contributed by atoms with E-state index in [1.807, 2.05) is 48.5 Å². The van der Waals surface area contributed by atoms with Crippen molar-refractivity contribution in [2.75, 3.05) is 13.2 Å². The van der Waals surface area contributed by atoms with Crippen LogP contribution in [-0.2, 0) is 16.0 Å². The van der Waals surface area contributed by atoms with Crippen LogP contribution in [0.1, 0.15) is 34.3 Å². The number of carbonyl (C=O) groups excluding carboxylic acids is 1. The molecule has 2 atom stereocenters. The fraction of sp³-hybridized carbons (Fsp3) is 0.231. The number of carboxylic acids is 1. The predicted octanol–water partition coefficient (Wildman–Crippen LogP) is 3.39. The number of aliphatic carboxylic acids is 1. The number of fused-ring (bicyclic) bond motifs is 3. The van der Waals surface area contributed by atoms with Crippen molar-refractivity contribution in [1.29, 1.82) is 0 Å². The molecular formula is C26H24FNO6. The summed E-state index contributed by atoms with van der Waals surface area (Å²) in [7, 11) is 0. The second-order valence-electron chi connectivity index (χ2n) is 8.13. The van der Waals surface area contributed by atoms with Crippen LogP contribution in [0.5, 0.6) is 0 Å². The van der Waals surface area contributed by atoms with Crippen molar-refractivity contribution in [3.8, 4) is 11.1 Å². The van der Waals surface area contributed by atoms with E-state index >= 15 is 0 Å². The van der Waals surface area contributed by atoms with Gasteiger partial charge >= 0.3 is 12.1 Å². The van der Waals surface area contributed by atoms with E-state index in [4.69, 9.17) is 9.84 Å². The highest BCUT2D eigenvalue weighted by Gasteiger charge is 2.29. The Morgan fingerprint density at radius 3 is 2.21 bits per heavy atom. The number of hydrogen-bond donors (Lipinski definition) is 4. The van der Waals surface area contributed by atoms with E-state index < -0.39 is 36.5 Å². The van der Waals surface area contributed by atoms with Crippen LogP contribution < -0.4 is 5.32 Å². The molecule has 0 aromatic heterocycles. The molecule has 4 N–H and O–H groups in total. The maximum absolute atomic E-state index is 13.7. The van der Waals surface area contributed by atoms with Gasteiger partial charge in [-0.2, -0.15) is 0 Å². The number of benzene rings is 3. The Morgan fingerprint density at radius 1 is 0.971 bits per heavy atom. The van der Waals surface area contributed by atoms with Gasteiger partial charge in [-0.05, 0) is 45.5 Å². The molecule has 0 saturated carbocycles. The molecular weight excluding hydrogens is 441 g/mol. The summed E-state index contributed by atoms with van der Waals surface area (Å²) in [5.41, 5.74) is 4.43. The summed E-state index contributed by atoms with van der Waals surface area (Å²) in [6, 6.07) is 19.1. The normalized spacial score (nSPS) is 14.1. The zero-order chi connectivity index (χ0) is 24.2. The maximum Gasteiger partial charge on any atom is 0.407 e. The van der Waals surface area contributed by atoms with Crippen LogP contribution in [0.3, 0.4) is 0 Å². The number of carbonyl (C=O) groups is 2. The maximum atomic E-state index is 13.7. The van der Waals surface area contributed by atoms with Gasteiger partial charge in [-0.25, -0.2) is 9.18 Å². The zero-order valence-corrected chi connectivity index (χ0v) is 18.1. The smallest absolute Gasteiger partial charge is 0.407 e. The lowest BCUT2D eigenvalue weighted by atomic mass is 9.96. The molecule has 0 radical (unpaired) electrons. The molecule has 3 aromatic carbocycles. The molecule has 0 aliphatic heterocycles. The van der Waals surface area contributed by atoms with Crippen LogP contribution in [-0.4, -0.2) is 46.6 Å². The van der Waals surface area contributed by atoms with Crippen LogP contribution in [0, 0.1) is 5.82 Å². The molecule has 7 nitrogen and oxygen atoms in total. The molecule has 176 valence electrons. The zero-order valence-electron chi connectivity index (χ0n) is 18.1. The summed E-state index contributed by atoms with van der Waals surface area (Å²) < 4.78 is 19.0. The number of rotatable bonds is 8. The fourth-order valence-corrected chi connectivity index (χ4v) is 4.32. The van der Waals surface area contributed by atoms with Crippen molar-refractivity contribution < 1.29 is 34.0 Å². The summed E-state index contributed by atoms with van der Waals surface area (Å²) in [5.74, 6) is -1.97. The molecule has 34 heavy (non-hydrogen) atoms. The number of hydrogen-bond acceptors (Lipinski definition) is 5. The van der Waals surface area contributed by atoms with E-state index in [2.05, 4.69) is 5.32 Å². The quantitative estimate of drug-likeness (QED) is 0.405. The highest BCUT2D eigenvalue weighted by Crippen LogP contribution is 2.44. The third kappa shape index (κ3) is 4.93. The molecule has 2 unspecified atom stereocenters. The largest absolute Gasteiger partial charge is 0.481 e. The van der Waals surface area contributed by atoms with Crippen LogP contribution in [0.4, 0.5) is 9.18 Å². The van der Waals surface area contributed by atoms with Gasteiger partial charge in [-0.1, -0.05) is 54.6 Å². The molecule has 0 saturated heterocycles. The minimum Gasteiger partial charge on any atom is -0.481 e. The lowest BCUT2D eigenvalue weighted by molar-refractivity contribution is -0.136. The van der Waals surface area contributed by atoms with Gasteiger partial charge in [-0.3, -0.25) is 4.79 Å². The minimum atomic E-state index is -1.60. The Balaban J connectivity index is 1.36. The number of nitrogens with one attached hydrogen (secondary N) is 1. The van der Waals surface area contributed by atoms with Gasteiger partial charge in [0.1, 0.15) is 24.6 Å².